The molecule has 0 aliphatic carbocycles. The third-order valence-corrected chi connectivity index (χ3v) is 2.89. The van der Waals surface area contributed by atoms with E-state index < -0.39 is 22.2 Å². The fourth-order valence-corrected chi connectivity index (χ4v) is 2.01. The number of anilines is 1. The molecule has 0 aromatic heterocycles. The number of hydrogen-bond acceptors (Lipinski definition) is 4. The van der Waals surface area contributed by atoms with Crippen molar-refractivity contribution in [3.8, 4) is 0 Å². The number of benzene rings is 1. The van der Waals surface area contributed by atoms with E-state index in [4.69, 9.17) is 5.11 Å². The molecule has 0 unspecified atom stereocenters. The molecule has 0 aliphatic rings. The van der Waals surface area contributed by atoms with Gasteiger partial charge in [-0.2, -0.15) is 0 Å². The average Bonchev–Trinajstić information content (AvgIpc) is 2.24. The minimum absolute atomic E-state index is 0.0373. The zero-order valence-electron chi connectivity index (χ0n) is 12.2. The van der Waals surface area contributed by atoms with Gasteiger partial charge in [0.15, 0.2) is 0 Å². The van der Waals surface area contributed by atoms with Crippen molar-refractivity contribution in [3.05, 3.63) is 33.9 Å². The molecule has 0 heterocycles. The summed E-state index contributed by atoms with van der Waals surface area (Å²) in [6.45, 7) is 5.07. The summed E-state index contributed by atoms with van der Waals surface area (Å²) in [5.74, 6) is -1.44. The Morgan fingerprint density at radius 2 is 1.95 bits per heavy atom. The number of carbonyl (C=O) groups is 2. The van der Waals surface area contributed by atoms with Crippen LogP contribution in [0.4, 0.5) is 11.4 Å². The Balaban J connectivity index is 2.86. The highest BCUT2D eigenvalue weighted by Gasteiger charge is 2.26. The highest BCUT2D eigenvalue weighted by atomic mass is 16.6. The van der Waals surface area contributed by atoms with Crippen molar-refractivity contribution >= 4 is 23.3 Å². The first-order valence-corrected chi connectivity index (χ1v) is 6.37. The minimum atomic E-state index is -0.991. The normalized spacial score (nSPS) is 11.0. The fourth-order valence-electron chi connectivity index (χ4n) is 2.01. The molecule has 21 heavy (non-hydrogen) atoms. The number of nitro benzene ring substituents is 1. The highest BCUT2D eigenvalue weighted by Crippen LogP contribution is 2.28. The molecule has 0 spiro atoms. The van der Waals surface area contributed by atoms with Gasteiger partial charge in [-0.25, -0.2) is 0 Å². The number of carboxylic acids is 1. The van der Waals surface area contributed by atoms with Gasteiger partial charge in [0.25, 0.3) is 5.69 Å². The van der Waals surface area contributed by atoms with Gasteiger partial charge in [0.05, 0.1) is 11.3 Å². The summed E-state index contributed by atoms with van der Waals surface area (Å²) < 4.78 is 0. The Hall–Kier alpha value is -2.44. The Labute approximate surface area is 122 Å². The Bertz CT molecular complexity index is 581. The molecule has 0 fully saturated rings. The number of hydrogen-bond donors (Lipinski definition) is 2. The molecule has 7 nitrogen and oxygen atoms in total. The number of nitro groups is 1. The quantitative estimate of drug-likeness (QED) is 0.619. The van der Waals surface area contributed by atoms with Gasteiger partial charge in [-0.15, -0.1) is 0 Å². The van der Waals surface area contributed by atoms with Crippen molar-refractivity contribution < 1.29 is 19.6 Å². The van der Waals surface area contributed by atoms with Gasteiger partial charge in [-0.3, -0.25) is 19.7 Å². The van der Waals surface area contributed by atoms with Crippen LogP contribution in [0.15, 0.2) is 18.2 Å². The molecule has 0 bridgehead atoms. The van der Waals surface area contributed by atoms with Gasteiger partial charge >= 0.3 is 5.97 Å². The molecule has 1 rings (SSSR count). The number of amides is 1. The largest absolute Gasteiger partial charge is 0.481 e. The van der Waals surface area contributed by atoms with Crippen LogP contribution in [0.2, 0.25) is 0 Å². The maximum absolute atomic E-state index is 12.0. The number of aliphatic carboxylic acids is 1. The lowest BCUT2D eigenvalue weighted by molar-refractivity contribution is -0.383. The summed E-state index contributed by atoms with van der Waals surface area (Å²) >= 11 is 0. The molecule has 114 valence electrons. The third-order valence-electron chi connectivity index (χ3n) is 2.89. The molecule has 0 saturated carbocycles. The summed E-state index contributed by atoms with van der Waals surface area (Å²) in [4.78, 5) is 33.0. The first kappa shape index (κ1) is 16.6. The van der Waals surface area contributed by atoms with E-state index in [-0.39, 0.29) is 24.2 Å². The zero-order chi connectivity index (χ0) is 16.2. The van der Waals surface area contributed by atoms with E-state index in [0.717, 1.165) is 5.56 Å². The zero-order valence-corrected chi connectivity index (χ0v) is 12.2. The Kier molecular flexibility index (Phi) is 5.02. The second kappa shape index (κ2) is 6.34. The van der Waals surface area contributed by atoms with E-state index in [1.807, 2.05) is 0 Å². The van der Waals surface area contributed by atoms with Crippen molar-refractivity contribution in [3.63, 3.8) is 0 Å². The molecule has 0 radical (unpaired) electrons. The van der Waals surface area contributed by atoms with Gasteiger partial charge in [-0.05, 0) is 24.0 Å². The van der Waals surface area contributed by atoms with E-state index in [2.05, 4.69) is 5.32 Å². The van der Waals surface area contributed by atoms with Crippen LogP contribution in [-0.2, 0) is 9.59 Å². The summed E-state index contributed by atoms with van der Waals surface area (Å²) in [5, 5.41) is 22.2. The van der Waals surface area contributed by atoms with Crippen molar-refractivity contribution in [2.24, 2.45) is 5.41 Å². The lowest BCUT2D eigenvalue weighted by atomic mass is 9.85. The van der Waals surface area contributed by atoms with Crippen LogP contribution < -0.4 is 5.32 Å². The Morgan fingerprint density at radius 3 is 2.48 bits per heavy atom. The van der Waals surface area contributed by atoms with E-state index in [0.29, 0.717) is 0 Å². The van der Waals surface area contributed by atoms with Crippen LogP contribution in [0.1, 0.15) is 32.3 Å². The number of nitrogens with one attached hydrogen (secondary N) is 1. The smallest absolute Gasteiger partial charge is 0.303 e. The molecule has 1 aromatic rings. The van der Waals surface area contributed by atoms with Crippen molar-refractivity contribution in [1.29, 1.82) is 0 Å². The summed E-state index contributed by atoms with van der Waals surface area (Å²) in [6, 6.07) is 4.43. The molecule has 7 heteroatoms. The van der Waals surface area contributed by atoms with E-state index in [1.165, 1.54) is 12.1 Å². The van der Waals surface area contributed by atoms with Crippen molar-refractivity contribution in [2.75, 3.05) is 5.32 Å². The van der Waals surface area contributed by atoms with Crippen LogP contribution >= 0.6 is 0 Å². The van der Waals surface area contributed by atoms with Gasteiger partial charge in [0, 0.05) is 12.5 Å². The van der Waals surface area contributed by atoms with Crippen LogP contribution in [0, 0.1) is 22.5 Å². The second-order valence-corrected chi connectivity index (χ2v) is 5.74. The SMILES string of the molecule is Cc1ccc([N+](=O)[O-])c(NC(=O)CC(C)(C)CC(=O)O)c1. The predicted octanol–water partition coefficient (Wildman–Crippen LogP) is 2.73. The van der Waals surface area contributed by atoms with Gasteiger partial charge < -0.3 is 10.4 Å². The molecule has 0 atom stereocenters. The predicted molar refractivity (Wildman–Crippen MR) is 77.1 cm³/mol. The maximum atomic E-state index is 12.0. The van der Waals surface area contributed by atoms with Crippen molar-refractivity contribution in [2.45, 2.75) is 33.6 Å². The summed E-state index contributed by atoms with van der Waals surface area (Å²) in [6.07, 6.45) is -0.194. The lowest BCUT2D eigenvalue weighted by Crippen LogP contribution is -2.25. The van der Waals surface area contributed by atoms with Crippen LogP contribution in [0.3, 0.4) is 0 Å². The molecular formula is C14H18N2O5. The van der Waals surface area contributed by atoms with E-state index >= 15 is 0 Å². The number of rotatable bonds is 6. The number of nitrogens with zero attached hydrogens (tertiary/aromatic N) is 1. The molecular weight excluding hydrogens is 276 g/mol. The third kappa shape index (κ3) is 5.21. The molecule has 0 saturated heterocycles. The number of aryl methyl sites for hydroxylation is 1. The highest BCUT2D eigenvalue weighted by molar-refractivity contribution is 5.93. The van der Waals surface area contributed by atoms with Crippen LogP contribution in [0.25, 0.3) is 0 Å². The summed E-state index contributed by atoms with van der Waals surface area (Å²) in [5.41, 5.74) is -0.0176. The Morgan fingerprint density at radius 1 is 1.33 bits per heavy atom. The monoisotopic (exact) mass is 294 g/mol. The average molecular weight is 294 g/mol. The number of carbonyl (C=O) groups excluding carboxylic acids is 1. The van der Waals surface area contributed by atoms with Crippen LogP contribution in [-0.4, -0.2) is 21.9 Å². The van der Waals surface area contributed by atoms with Gasteiger partial charge in [-0.1, -0.05) is 19.9 Å². The van der Waals surface area contributed by atoms with Gasteiger partial charge in [0.2, 0.25) is 5.91 Å². The first-order chi connectivity index (χ1) is 9.60. The van der Waals surface area contributed by atoms with Gasteiger partial charge in [0.1, 0.15) is 5.69 Å². The molecule has 1 amide bonds. The van der Waals surface area contributed by atoms with E-state index in [9.17, 15) is 19.7 Å². The minimum Gasteiger partial charge on any atom is -0.481 e. The first-order valence-electron chi connectivity index (χ1n) is 6.37. The maximum Gasteiger partial charge on any atom is 0.303 e. The molecule has 0 aliphatic heterocycles. The number of carboxylic acid groups (broad SMARTS) is 1. The van der Waals surface area contributed by atoms with Crippen LogP contribution in [0.5, 0.6) is 0 Å². The second-order valence-electron chi connectivity index (χ2n) is 5.74. The standard InChI is InChI=1S/C14H18N2O5/c1-9-4-5-11(16(20)21)10(6-9)15-12(17)7-14(2,3)8-13(18)19/h4-6H,7-8H2,1-3H3,(H,15,17)(H,18,19). The summed E-state index contributed by atoms with van der Waals surface area (Å²) in [7, 11) is 0. The van der Waals surface area contributed by atoms with E-state index in [1.54, 1.807) is 26.8 Å². The molecule has 2 N–H and O–H groups in total. The molecule has 1 aromatic carbocycles. The lowest BCUT2D eigenvalue weighted by Gasteiger charge is -2.21. The topological polar surface area (TPSA) is 110 Å². The fraction of sp³-hybridized carbons (Fsp3) is 0.429. The van der Waals surface area contributed by atoms with Crippen molar-refractivity contribution in [1.82, 2.24) is 0 Å².